The van der Waals surface area contributed by atoms with Gasteiger partial charge in [0.05, 0.1) is 12.2 Å². The Kier molecular flexibility index (Phi) is 5.86. The Morgan fingerprint density at radius 1 is 1.15 bits per heavy atom. The van der Waals surface area contributed by atoms with Crippen molar-refractivity contribution >= 4 is 21.7 Å². The van der Waals surface area contributed by atoms with E-state index in [4.69, 9.17) is 4.74 Å². The number of carbonyl (C=O) groups excluding carboxylic acids is 1. The first-order chi connectivity index (χ1) is 13.0. The Labute approximate surface area is 166 Å². The van der Waals surface area contributed by atoms with Gasteiger partial charge in [-0.2, -0.15) is 0 Å². The van der Waals surface area contributed by atoms with Gasteiger partial charge in [-0.05, 0) is 40.6 Å². The van der Waals surface area contributed by atoms with Crippen LogP contribution in [0, 0.1) is 12.1 Å². The lowest BCUT2D eigenvalue weighted by Crippen LogP contribution is -2.39. The van der Waals surface area contributed by atoms with E-state index >= 15 is 0 Å². The van der Waals surface area contributed by atoms with E-state index in [0.29, 0.717) is 4.85 Å². The Morgan fingerprint density at radius 2 is 1.85 bits per heavy atom. The minimum atomic E-state index is -0.267. The Morgan fingerprint density at radius 3 is 2.48 bits per heavy atom. The Hall–Kier alpha value is -2.73. The molecule has 3 rings (SSSR count). The number of hydrogen-bond acceptors (Lipinski definition) is 4. The number of Topliss-reactive ketones (excluding diaryl/α,β-unsaturated/α-hetero) is 1. The van der Waals surface area contributed by atoms with E-state index in [1.165, 1.54) is 19.2 Å². The third kappa shape index (κ3) is 4.34. The molecule has 0 aliphatic rings. The highest BCUT2D eigenvalue weighted by Crippen LogP contribution is 2.32. The number of aromatic nitrogens is 2. The predicted molar refractivity (Wildman–Crippen MR) is 106 cm³/mol. The van der Waals surface area contributed by atoms with E-state index in [2.05, 4.69) is 21.0 Å². The third-order valence-corrected chi connectivity index (χ3v) is 5.03. The van der Waals surface area contributed by atoms with Crippen LogP contribution in [0.25, 0.3) is 0 Å². The molecule has 27 heavy (non-hydrogen) atoms. The molecule has 0 fully saturated rings. The van der Waals surface area contributed by atoms with Crippen molar-refractivity contribution in [3.8, 4) is 5.88 Å². The van der Waals surface area contributed by atoms with Crippen molar-refractivity contribution in [3.63, 3.8) is 0 Å². The molecule has 0 amide bonds. The zero-order valence-electron chi connectivity index (χ0n) is 15.1. The number of carbonyl (C=O) groups is 1. The molecule has 1 atom stereocenters. The van der Waals surface area contributed by atoms with Gasteiger partial charge in [-0.25, -0.2) is 0 Å². The van der Waals surface area contributed by atoms with Crippen LogP contribution < -0.4 is 9.58 Å². The molecule has 1 aromatic heterocycles. The van der Waals surface area contributed by atoms with E-state index < -0.39 is 0 Å². The van der Waals surface area contributed by atoms with Gasteiger partial charge in [-0.1, -0.05) is 52.3 Å². The van der Waals surface area contributed by atoms with E-state index in [-0.39, 0.29) is 29.7 Å². The summed E-state index contributed by atoms with van der Waals surface area (Å²) in [6, 6.07) is 18.8. The van der Waals surface area contributed by atoms with E-state index in [0.717, 1.165) is 21.2 Å². The first-order valence-electron chi connectivity index (χ1n) is 8.48. The van der Waals surface area contributed by atoms with Crippen molar-refractivity contribution in [1.82, 2.24) is 5.10 Å². The number of nitrogens with zero attached hydrogens (tertiary/aromatic N) is 2. The number of halogens is 1. The molecule has 0 N–H and O–H groups in total. The Balaban J connectivity index is 1.97. The summed E-state index contributed by atoms with van der Waals surface area (Å²) in [5, 5.41) is 15.8. The van der Waals surface area contributed by atoms with Crippen LogP contribution in [0.1, 0.15) is 39.5 Å². The summed E-state index contributed by atoms with van der Waals surface area (Å²) in [5.74, 6) is -0.255. The van der Waals surface area contributed by atoms with Crippen LogP contribution in [0.5, 0.6) is 5.88 Å². The van der Waals surface area contributed by atoms with Crippen LogP contribution in [0.15, 0.2) is 65.1 Å². The van der Waals surface area contributed by atoms with Gasteiger partial charge in [0.15, 0.2) is 0 Å². The summed E-state index contributed by atoms with van der Waals surface area (Å²) in [6.45, 7) is 2.02. The molecular formula is C21H19BrN2O3. The number of hydrogen-bond donors (Lipinski definition) is 0. The van der Waals surface area contributed by atoms with E-state index in [1.54, 1.807) is 0 Å². The summed E-state index contributed by atoms with van der Waals surface area (Å²) in [6.07, 6.45) is 0.169. The number of rotatable bonds is 6. The van der Waals surface area contributed by atoms with E-state index in [9.17, 15) is 10.0 Å². The van der Waals surface area contributed by atoms with Gasteiger partial charge >= 0.3 is 0 Å². The summed E-state index contributed by atoms with van der Waals surface area (Å²) in [5.41, 5.74) is 3.18. The minimum Gasteiger partial charge on any atom is -0.594 e. The molecule has 0 bridgehead atoms. The number of aryl methyl sites for hydroxylation is 1. The average Bonchev–Trinajstić information content (AvgIpc) is 2.67. The molecule has 3 aromatic rings. The molecule has 0 aliphatic carbocycles. The van der Waals surface area contributed by atoms with Crippen molar-refractivity contribution in [3.05, 3.63) is 92.7 Å². The van der Waals surface area contributed by atoms with Gasteiger partial charge in [0.25, 0.3) is 11.6 Å². The van der Waals surface area contributed by atoms with Crippen LogP contribution in [0.4, 0.5) is 0 Å². The quantitative estimate of drug-likeness (QED) is 0.336. The summed E-state index contributed by atoms with van der Waals surface area (Å²) < 4.78 is 5.90. The summed E-state index contributed by atoms with van der Waals surface area (Å²) in [4.78, 5) is 13.2. The van der Waals surface area contributed by atoms with Crippen LogP contribution in [-0.4, -0.2) is 18.0 Å². The van der Waals surface area contributed by atoms with Crippen LogP contribution >= 0.6 is 15.9 Å². The Bertz CT molecular complexity index is 958. The molecule has 1 unspecified atom stereocenters. The average molecular weight is 427 g/mol. The molecule has 6 heteroatoms. The van der Waals surface area contributed by atoms with Crippen molar-refractivity contribution in [2.24, 2.45) is 0 Å². The predicted octanol–water partition coefficient (Wildman–Crippen LogP) is 4.20. The van der Waals surface area contributed by atoms with Crippen molar-refractivity contribution < 1.29 is 14.4 Å². The van der Waals surface area contributed by atoms with Crippen molar-refractivity contribution in [2.45, 2.75) is 19.3 Å². The highest BCUT2D eigenvalue weighted by atomic mass is 79.9. The lowest BCUT2D eigenvalue weighted by molar-refractivity contribution is -0.671. The SMILES string of the molecule is COc1ccc(C(=O)CC(c2ccc(Br)cc2)c2ccccc2C)[n+]([O-])n1. The van der Waals surface area contributed by atoms with Gasteiger partial charge < -0.3 is 9.94 Å². The second-order valence-electron chi connectivity index (χ2n) is 6.22. The summed E-state index contributed by atoms with van der Waals surface area (Å²) in [7, 11) is 1.42. The maximum absolute atomic E-state index is 12.9. The minimum absolute atomic E-state index is 0.00601. The molecule has 0 aliphatic heterocycles. The molecular weight excluding hydrogens is 408 g/mol. The maximum atomic E-state index is 12.9. The van der Waals surface area contributed by atoms with Gasteiger partial charge in [-0.15, -0.1) is 0 Å². The molecule has 0 radical (unpaired) electrons. The molecule has 5 nitrogen and oxygen atoms in total. The second kappa shape index (κ2) is 8.31. The second-order valence-corrected chi connectivity index (χ2v) is 7.14. The smallest absolute Gasteiger partial charge is 0.287 e. The topological polar surface area (TPSA) is 66.1 Å². The lowest BCUT2D eigenvalue weighted by atomic mass is 9.84. The molecule has 0 spiro atoms. The van der Waals surface area contributed by atoms with Gasteiger partial charge in [0.2, 0.25) is 5.78 Å². The molecule has 0 saturated heterocycles. The fourth-order valence-corrected chi connectivity index (χ4v) is 3.33. The number of methoxy groups -OCH3 is 1. The monoisotopic (exact) mass is 426 g/mol. The largest absolute Gasteiger partial charge is 0.594 e. The lowest BCUT2D eigenvalue weighted by Gasteiger charge is -2.19. The zero-order chi connectivity index (χ0) is 19.4. The van der Waals surface area contributed by atoms with Gasteiger partial charge in [0, 0.05) is 28.9 Å². The van der Waals surface area contributed by atoms with Crippen molar-refractivity contribution in [1.29, 1.82) is 0 Å². The first kappa shape index (κ1) is 19.0. The highest BCUT2D eigenvalue weighted by molar-refractivity contribution is 9.10. The normalized spacial score (nSPS) is 11.8. The van der Waals surface area contributed by atoms with Gasteiger partial charge in [-0.3, -0.25) is 4.79 Å². The van der Waals surface area contributed by atoms with E-state index in [1.807, 2.05) is 55.5 Å². The molecule has 138 valence electrons. The van der Waals surface area contributed by atoms with Crippen LogP contribution in [-0.2, 0) is 0 Å². The third-order valence-electron chi connectivity index (χ3n) is 4.50. The number of ketones is 1. The number of ether oxygens (including phenoxy) is 1. The molecule has 1 heterocycles. The number of benzene rings is 2. The highest BCUT2D eigenvalue weighted by Gasteiger charge is 2.25. The van der Waals surface area contributed by atoms with Crippen LogP contribution in [0.3, 0.4) is 0 Å². The maximum Gasteiger partial charge on any atom is 0.287 e. The fraction of sp³-hybridized carbons (Fsp3) is 0.190. The zero-order valence-corrected chi connectivity index (χ0v) is 16.6. The van der Waals surface area contributed by atoms with Crippen LogP contribution in [0.2, 0.25) is 0 Å². The first-order valence-corrected chi connectivity index (χ1v) is 9.28. The molecule has 2 aromatic carbocycles. The standard InChI is InChI=1S/C21H19BrN2O3/c1-14-5-3-4-6-17(14)18(15-7-9-16(22)10-8-15)13-20(25)19-11-12-21(27-2)23-24(19)26/h3-12,18H,13H2,1-2H3. The molecule has 0 saturated carbocycles. The van der Waals surface area contributed by atoms with Gasteiger partial charge in [0.1, 0.15) is 0 Å². The summed E-state index contributed by atoms with van der Waals surface area (Å²) >= 11 is 3.44. The fourth-order valence-electron chi connectivity index (χ4n) is 3.07. The van der Waals surface area contributed by atoms with Crippen molar-refractivity contribution in [2.75, 3.05) is 7.11 Å².